The SMILES string of the molecule is [CH2-]N1CCOC(COc2cccnc2C)C1. The van der Waals surface area contributed by atoms with E-state index in [4.69, 9.17) is 9.47 Å². The first-order valence-corrected chi connectivity index (χ1v) is 5.47. The zero-order valence-corrected chi connectivity index (χ0v) is 9.56. The Balaban J connectivity index is 1.85. The van der Waals surface area contributed by atoms with Crippen LogP contribution in [0.4, 0.5) is 0 Å². The molecule has 1 saturated heterocycles. The van der Waals surface area contributed by atoms with Gasteiger partial charge in [0.1, 0.15) is 18.5 Å². The summed E-state index contributed by atoms with van der Waals surface area (Å²) in [5.74, 6) is 0.826. The molecule has 0 amide bonds. The molecule has 88 valence electrons. The second-order valence-electron chi connectivity index (χ2n) is 3.97. The molecule has 2 heterocycles. The van der Waals surface area contributed by atoms with Crippen molar-refractivity contribution in [1.82, 2.24) is 9.88 Å². The van der Waals surface area contributed by atoms with E-state index in [0.29, 0.717) is 6.61 Å². The first-order valence-electron chi connectivity index (χ1n) is 5.47. The van der Waals surface area contributed by atoms with Crippen LogP contribution in [0.25, 0.3) is 0 Å². The first-order chi connectivity index (χ1) is 7.75. The van der Waals surface area contributed by atoms with Gasteiger partial charge in [0, 0.05) is 12.7 Å². The smallest absolute Gasteiger partial charge is 0.140 e. The molecular weight excluding hydrogens is 204 g/mol. The van der Waals surface area contributed by atoms with Gasteiger partial charge in [0.15, 0.2) is 0 Å². The lowest BCUT2D eigenvalue weighted by molar-refractivity contribution is -0.0354. The van der Waals surface area contributed by atoms with E-state index < -0.39 is 0 Å². The third-order valence-corrected chi connectivity index (χ3v) is 2.61. The fourth-order valence-corrected chi connectivity index (χ4v) is 1.69. The minimum Gasteiger partial charge on any atom is -0.489 e. The molecule has 1 aromatic rings. The van der Waals surface area contributed by atoms with Crippen LogP contribution in [0.2, 0.25) is 0 Å². The van der Waals surface area contributed by atoms with Gasteiger partial charge >= 0.3 is 0 Å². The van der Waals surface area contributed by atoms with Crippen molar-refractivity contribution in [3.63, 3.8) is 0 Å². The molecule has 0 N–H and O–H groups in total. The van der Waals surface area contributed by atoms with Crippen LogP contribution in [0.5, 0.6) is 5.75 Å². The number of hydrogen-bond acceptors (Lipinski definition) is 4. The topological polar surface area (TPSA) is 34.6 Å². The highest BCUT2D eigenvalue weighted by molar-refractivity contribution is 5.25. The fourth-order valence-electron chi connectivity index (χ4n) is 1.69. The van der Waals surface area contributed by atoms with Crippen molar-refractivity contribution in [3.05, 3.63) is 31.1 Å². The number of aryl methyl sites for hydroxylation is 1. The van der Waals surface area contributed by atoms with E-state index in [1.165, 1.54) is 0 Å². The summed E-state index contributed by atoms with van der Waals surface area (Å²) >= 11 is 0. The van der Waals surface area contributed by atoms with Crippen LogP contribution in [0.3, 0.4) is 0 Å². The van der Waals surface area contributed by atoms with Gasteiger partial charge in [-0.3, -0.25) is 12.0 Å². The maximum absolute atomic E-state index is 5.68. The second-order valence-corrected chi connectivity index (χ2v) is 3.97. The molecule has 0 radical (unpaired) electrons. The van der Waals surface area contributed by atoms with Crippen molar-refractivity contribution in [2.45, 2.75) is 13.0 Å². The van der Waals surface area contributed by atoms with Crippen molar-refractivity contribution >= 4 is 0 Å². The average molecular weight is 221 g/mol. The van der Waals surface area contributed by atoms with Crippen LogP contribution < -0.4 is 4.74 Å². The van der Waals surface area contributed by atoms with Gasteiger partial charge in [0.25, 0.3) is 0 Å². The number of aromatic nitrogens is 1. The predicted octanol–water partition coefficient (Wildman–Crippen LogP) is 1.26. The summed E-state index contributed by atoms with van der Waals surface area (Å²) < 4.78 is 11.3. The third kappa shape index (κ3) is 2.93. The summed E-state index contributed by atoms with van der Waals surface area (Å²) in [6, 6.07) is 3.80. The van der Waals surface area contributed by atoms with Crippen molar-refractivity contribution < 1.29 is 9.47 Å². The van der Waals surface area contributed by atoms with Gasteiger partial charge in [-0.05, 0) is 25.6 Å². The minimum absolute atomic E-state index is 0.103. The van der Waals surface area contributed by atoms with E-state index in [9.17, 15) is 0 Å². The molecule has 1 aliphatic rings. The number of rotatable bonds is 3. The Hall–Kier alpha value is -1.13. The molecule has 0 aliphatic carbocycles. The number of pyridine rings is 1. The van der Waals surface area contributed by atoms with Gasteiger partial charge in [-0.1, -0.05) is 0 Å². The maximum atomic E-state index is 5.68. The highest BCUT2D eigenvalue weighted by Gasteiger charge is 2.15. The Labute approximate surface area is 96.2 Å². The third-order valence-electron chi connectivity index (χ3n) is 2.61. The van der Waals surface area contributed by atoms with E-state index in [-0.39, 0.29) is 6.10 Å². The van der Waals surface area contributed by atoms with E-state index in [1.54, 1.807) is 6.20 Å². The van der Waals surface area contributed by atoms with Gasteiger partial charge in [-0.15, -0.1) is 0 Å². The lowest BCUT2D eigenvalue weighted by Crippen LogP contribution is -2.41. The molecule has 4 heteroatoms. The number of nitrogens with zero attached hydrogens (tertiary/aromatic N) is 2. The average Bonchev–Trinajstić information content (AvgIpc) is 2.28. The molecule has 4 nitrogen and oxygen atoms in total. The Morgan fingerprint density at radius 1 is 1.69 bits per heavy atom. The van der Waals surface area contributed by atoms with Crippen LogP contribution in [-0.4, -0.2) is 42.3 Å². The summed E-state index contributed by atoms with van der Waals surface area (Å²) in [5.41, 5.74) is 0.907. The molecule has 2 rings (SSSR count). The quantitative estimate of drug-likeness (QED) is 0.720. The molecular formula is C12H17N2O2-. The Bertz CT molecular complexity index is 344. The normalized spacial score (nSPS) is 22.0. The Kier molecular flexibility index (Phi) is 3.74. The molecule has 0 bridgehead atoms. The van der Waals surface area contributed by atoms with Gasteiger partial charge in [-0.25, -0.2) is 0 Å². The lowest BCUT2D eigenvalue weighted by Gasteiger charge is -2.35. The summed E-state index contributed by atoms with van der Waals surface area (Å²) in [5, 5.41) is 0. The van der Waals surface area contributed by atoms with E-state index >= 15 is 0 Å². The molecule has 1 aliphatic heterocycles. The Morgan fingerprint density at radius 3 is 3.31 bits per heavy atom. The van der Waals surface area contributed by atoms with Crippen molar-refractivity contribution in [2.24, 2.45) is 0 Å². The van der Waals surface area contributed by atoms with E-state index in [1.807, 2.05) is 24.0 Å². The van der Waals surface area contributed by atoms with Gasteiger partial charge in [0.2, 0.25) is 0 Å². The predicted molar refractivity (Wildman–Crippen MR) is 61.1 cm³/mol. The summed E-state index contributed by atoms with van der Waals surface area (Å²) in [4.78, 5) is 6.18. The molecule has 1 atom stereocenters. The molecule has 1 unspecified atom stereocenters. The Morgan fingerprint density at radius 2 is 2.56 bits per heavy atom. The molecule has 0 saturated carbocycles. The van der Waals surface area contributed by atoms with E-state index in [0.717, 1.165) is 31.1 Å². The summed E-state index contributed by atoms with van der Waals surface area (Å²) in [6.07, 6.45) is 1.86. The molecule has 0 aromatic carbocycles. The van der Waals surface area contributed by atoms with Crippen molar-refractivity contribution in [1.29, 1.82) is 0 Å². The fraction of sp³-hybridized carbons (Fsp3) is 0.500. The number of morpholine rings is 1. The van der Waals surface area contributed by atoms with Gasteiger partial charge < -0.3 is 14.4 Å². The van der Waals surface area contributed by atoms with Gasteiger partial charge in [0.05, 0.1) is 12.3 Å². The molecule has 1 aromatic heterocycles. The van der Waals surface area contributed by atoms with Crippen molar-refractivity contribution in [2.75, 3.05) is 26.3 Å². The largest absolute Gasteiger partial charge is 0.489 e. The van der Waals surface area contributed by atoms with E-state index in [2.05, 4.69) is 12.0 Å². The van der Waals surface area contributed by atoms with Crippen LogP contribution in [-0.2, 0) is 4.74 Å². The summed E-state index contributed by atoms with van der Waals surface area (Å²) in [6.45, 7) is 4.93. The number of hydrogen-bond donors (Lipinski definition) is 0. The van der Waals surface area contributed by atoms with Crippen LogP contribution in [0.15, 0.2) is 18.3 Å². The zero-order chi connectivity index (χ0) is 11.4. The number of ether oxygens (including phenoxy) is 2. The van der Waals surface area contributed by atoms with Crippen LogP contribution in [0.1, 0.15) is 5.69 Å². The maximum Gasteiger partial charge on any atom is 0.140 e. The molecule has 16 heavy (non-hydrogen) atoms. The lowest BCUT2D eigenvalue weighted by atomic mass is 10.3. The second kappa shape index (κ2) is 5.27. The van der Waals surface area contributed by atoms with Crippen LogP contribution >= 0.6 is 0 Å². The highest BCUT2D eigenvalue weighted by Crippen LogP contribution is 2.15. The monoisotopic (exact) mass is 221 g/mol. The molecule has 1 fully saturated rings. The summed E-state index contributed by atoms with van der Waals surface area (Å²) in [7, 11) is 3.91. The molecule has 0 spiro atoms. The van der Waals surface area contributed by atoms with Crippen molar-refractivity contribution in [3.8, 4) is 5.75 Å². The first kappa shape index (κ1) is 11.4. The zero-order valence-electron chi connectivity index (χ0n) is 9.56. The standard InChI is InChI=1S/C12H17N2O2/c1-10-12(4-3-5-13-10)16-9-11-8-14(2)6-7-15-11/h3-5,11H,2,6-9H2,1H3/q-1. The minimum atomic E-state index is 0.103. The van der Waals surface area contributed by atoms with Gasteiger partial charge in [-0.2, -0.15) is 0 Å². The highest BCUT2D eigenvalue weighted by atomic mass is 16.5. The van der Waals surface area contributed by atoms with Crippen LogP contribution in [0, 0.1) is 14.0 Å².